The van der Waals surface area contributed by atoms with Crippen molar-refractivity contribution in [3.8, 4) is 0 Å². The van der Waals surface area contributed by atoms with Crippen molar-refractivity contribution in [3.05, 3.63) is 90.0 Å². The van der Waals surface area contributed by atoms with E-state index in [2.05, 4.69) is 10.3 Å². The fourth-order valence-electron chi connectivity index (χ4n) is 2.83. The molecule has 0 saturated carbocycles. The van der Waals surface area contributed by atoms with E-state index in [-0.39, 0.29) is 11.8 Å². The second-order valence-corrected chi connectivity index (χ2v) is 5.71. The number of amides is 1. The summed E-state index contributed by atoms with van der Waals surface area (Å²) in [6.07, 6.45) is 3.70. The van der Waals surface area contributed by atoms with Gasteiger partial charge in [-0.25, -0.2) is 4.98 Å². The molecule has 0 aliphatic heterocycles. The number of carbonyl (C=O) groups is 1. The van der Waals surface area contributed by atoms with Crippen LogP contribution in [0.5, 0.6) is 0 Å². The largest absolute Gasteiger partial charge is 0.353 e. The Kier molecular flexibility index (Phi) is 5.06. The van der Waals surface area contributed by atoms with E-state index in [0.29, 0.717) is 13.1 Å². The molecule has 2 aromatic carbocycles. The van der Waals surface area contributed by atoms with E-state index in [1.54, 1.807) is 6.20 Å². The molecule has 3 rings (SSSR count). The molecule has 1 heterocycles. The molecule has 1 amide bonds. The molecule has 0 spiro atoms. The number of nitrogens with zero attached hydrogens (tertiary/aromatic N) is 2. The van der Waals surface area contributed by atoms with Crippen LogP contribution in [0.2, 0.25) is 0 Å². The molecule has 0 radical (unpaired) electrons. The molecule has 0 unspecified atom stereocenters. The van der Waals surface area contributed by atoms with Crippen LogP contribution in [0.15, 0.2) is 73.1 Å². The summed E-state index contributed by atoms with van der Waals surface area (Å²) in [5.41, 5.74) is 2.00. The van der Waals surface area contributed by atoms with Crippen LogP contribution in [0.1, 0.15) is 22.9 Å². The van der Waals surface area contributed by atoms with E-state index in [1.807, 2.05) is 78.4 Å². The highest BCUT2D eigenvalue weighted by Gasteiger charge is 2.21. The van der Waals surface area contributed by atoms with Crippen molar-refractivity contribution >= 4 is 5.91 Å². The molecule has 3 aromatic rings. The Hall–Kier alpha value is -2.88. The van der Waals surface area contributed by atoms with Gasteiger partial charge in [0, 0.05) is 25.5 Å². The first-order valence-electron chi connectivity index (χ1n) is 8.11. The molecule has 24 heavy (non-hydrogen) atoms. The summed E-state index contributed by atoms with van der Waals surface area (Å²) in [7, 11) is 0. The fraction of sp³-hybridized carbons (Fsp3) is 0.200. The molecular formula is C20H21N3O. The van der Waals surface area contributed by atoms with Crippen molar-refractivity contribution in [1.82, 2.24) is 14.9 Å². The summed E-state index contributed by atoms with van der Waals surface area (Å²) in [6.45, 7) is 3.25. The van der Waals surface area contributed by atoms with Gasteiger partial charge >= 0.3 is 0 Å². The highest BCUT2D eigenvalue weighted by molar-refractivity contribution is 5.87. The van der Waals surface area contributed by atoms with Crippen LogP contribution in [0.25, 0.3) is 0 Å². The Morgan fingerprint density at radius 1 is 1.04 bits per heavy atom. The molecule has 1 N–H and O–H groups in total. The first kappa shape index (κ1) is 16.0. The van der Waals surface area contributed by atoms with E-state index in [0.717, 1.165) is 17.0 Å². The van der Waals surface area contributed by atoms with Crippen LogP contribution >= 0.6 is 0 Å². The predicted octanol–water partition coefficient (Wildman–Crippen LogP) is 3.14. The third-order valence-electron chi connectivity index (χ3n) is 4.10. The quantitative estimate of drug-likeness (QED) is 0.759. The monoisotopic (exact) mass is 319 g/mol. The van der Waals surface area contributed by atoms with Crippen LogP contribution in [0.4, 0.5) is 0 Å². The Morgan fingerprint density at radius 3 is 2.12 bits per heavy atom. The second kappa shape index (κ2) is 7.59. The molecule has 0 atom stereocenters. The Morgan fingerprint density at radius 2 is 1.62 bits per heavy atom. The van der Waals surface area contributed by atoms with Gasteiger partial charge in [-0.3, -0.25) is 4.79 Å². The number of aromatic nitrogens is 2. The van der Waals surface area contributed by atoms with Crippen LogP contribution in [-0.4, -0.2) is 22.0 Å². The number of nitrogens with one attached hydrogen (secondary N) is 1. The first-order valence-corrected chi connectivity index (χ1v) is 8.11. The minimum Gasteiger partial charge on any atom is -0.353 e. The summed E-state index contributed by atoms with van der Waals surface area (Å²) < 4.78 is 2.03. The molecule has 0 saturated heterocycles. The highest BCUT2D eigenvalue weighted by atomic mass is 16.1. The molecule has 0 bridgehead atoms. The molecular weight excluding hydrogens is 298 g/mol. The number of rotatable bonds is 6. The minimum atomic E-state index is -0.295. The summed E-state index contributed by atoms with van der Waals surface area (Å²) in [5, 5.41) is 3.06. The van der Waals surface area contributed by atoms with Crippen molar-refractivity contribution < 1.29 is 4.79 Å². The van der Waals surface area contributed by atoms with E-state index in [4.69, 9.17) is 0 Å². The van der Waals surface area contributed by atoms with E-state index < -0.39 is 0 Å². The van der Waals surface area contributed by atoms with E-state index >= 15 is 0 Å². The number of imidazole rings is 1. The summed E-state index contributed by atoms with van der Waals surface area (Å²) in [6, 6.07) is 19.8. The maximum Gasteiger partial charge on any atom is 0.232 e. The molecule has 0 aliphatic carbocycles. The van der Waals surface area contributed by atoms with E-state index in [1.165, 1.54) is 0 Å². The lowest BCUT2D eigenvalue weighted by atomic mass is 9.90. The Balaban J connectivity index is 1.73. The lowest BCUT2D eigenvalue weighted by molar-refractivity contribution is -0.121. The smallest absolute Gasteiger partial charge is 0.232 e. The zero-order chi connectivity index (χ0) is 16.8. The molecule has 4 nitrogen and oxygen atoms in total. The second-order valence-electron chi connectivity index (χ2n) is 5.71. The predicted molar refractivity (Wildman–Crippen MR) is 94.7 cm³/mol. The maximum atomic E-state index is 12.8. The molecule has 1 aromatic heterocycles. The topological polar surface area (TPSA) is 46.9 Å². The van der Waals surface area contributed by atoms with Gasteiger partial charge in [-0.15, -0.1) is 0 Å². The van der Waals surface area contributed by atoms with Gasteiger partial charge in [0.05, 0.1) is 5.92 Å². The molecule has 122 valence electrons. The van der Waals surface area contributed by atoms with Crippen molar-refractivity contribution in [2.75, 3.05) is 6.54 Å². The van der Waals surface area contributed by atoms with Crippen molar-refractivity contribution in [2.45, 2.75) is 19.4 Å². The molecule has 0 aliphatic rings. The zero-order valence-corrected chi connectivity index (χ0v) is 13.7. The number of carbonyl (C=O) groups excluding carboxylic acids is 1. The lowest BCUT2D eigenvalue weighted by Crippen LogP contribution is -2.32. The summed E-state index contributed by atoms with van der Waals surface area (Å²) in [5.74, 6) is 0.674. The first-order chi connectivity index (χ1) is 11.8. The normalized spacial score (nSPS) is 10.8. The van der Waals surface area contributed by atoms with Crippen LogP contribution in [0.3, 0.4) is 0 Å². The SMILES string of the molecule is Cc1nccn1CCNC(=O)C(c1ccccc1)c1ccccc1. The summed E-state index contributed by atoms with van der Waals surface area (Å²) in [4.78, 5) is 17.0. The molecule has 4 heteroatoms. The van der Waals surface area contributed by atoms with Crippen LogP contribution < -0.4 is 5.32 Å². The third-order valence-corrected chi connectivity index (χ3v) is 4.10. The Bertz CT molecular complexity index is 741. The summed E-state index contributed by atoms with van der Waals surface area (Å²) >= 11 is 0. The third kappa shape index (κ3) is 3.71. The lowest BCUT2D eigenvalue weighted by Gasteiger charge is -2.18. The maximum absolute atomic E-state index is 12.8. The van der Waals surface area contributed by atoms with Gasteiger partial charge in [0.25, 0.3) is 0 Å². The minimum absolute atomic E-state index is 0.0187. The number of hydrogen-bond donors (Lipinski definition) is 1. The van der Waals surface area contributed by atoms with Gasteiger partial charge in [-0.1, -0.05) is 60.7 Å². The van der Waals surface area contributed by atoms with Crippen LogP contribution in [-0.2, 0) is 11.3 Å². The molecule has 0 fully saturated rings. The highest BCUT2D eigenvalue weighted by Crippen LogP contribution is 2.24. The number of hydrogen-bond acceptors (Lipinski definition) is 2. The van der Waals surface area contributed by atoms with Gasteiger partial charge in [0.2, 0.25) is 5.91 Å². The van der Waals surface area contributed by atoms with Crippen molar-refractivity contribution in [3.63, 3.8) is 0 Å². The number of aryl methyl sites for hydroxylation is 1. The van der Waals surface area contributed by atoms with E-state index in [9.17, 15) is 4.79 Å². The Labute approximate surface area is 142 Å². The van der Waals surface area contributed by atoms with Crippen LogP contribution in [0, 0.1) is 6.92 Å². The number of benzene rings is 2. The van der Waals surface area contributed by atoms with Gasteiger partial charge in [-0.2, -0.15) is 0 Å². The standard InChI is InChI=1S/C20H21N3O/c1-16-21-12-14-23(16)15-13-22-20(24)19(17-8-4-2-5-9-17)18-10-6-3-7-11-18/h2-12,14,19H,13,15H2,1H3,(H,22,24). The van der Waals surface area contributed by atoms with Crippen molar-refractivity contribution in [1.29, 1.82) is 0 Å². The zero-order valence-electron chi connectivity index (χ0n) is 13.7. The van der Waals surface area contributed by atoms with Gasteiger partial charge in [-0.05, 0) is 18.1 Å². The van der Waals surface area contributed by atoms with Gasteiger partial charge in [0.1, 0.15) is 5.82 Å². The fourth-order valence-corrected chi connectivity index (χ4v) is 2.83. The van der Waals surface area contributed by atoms with Crippen molar-refractivity contribution in [2.24, 2.45) is 0 Å². The average Bonchev–Trinajstić information content (AvgIpc) is 3.02. The van der Waals surface area contributed by atoms with Gasteiger partial charge < -0.3 is 9.88 Å². The average molecular weight is 319 g/mol. The van der Waals surface area contributed by atoms with Gasteiger partial charge in [0.15, 0.2) is 0 Å².